The number of rotatable bonds is 7. The Hall–Kier alpha value is -2.93. The molecule has 0 aromatic heterocycles. The molecule has 150 valence electrons. The van der Waals surface area contributed by atoms with Crippen LogP contribution in [-0.2, 0) is 11.2 Å². The average Bonchev–Trinajstić information content (AvgIpc) is 2.66. The van der Waals surface area contributed by atoms with Crippen LogP contribution in [-0.4, -0.2) is 39.7 Å². The molecule has 0 heterocycles. The fourth-order valence-corrected chi connectivity index (χ4v) is 2.69. The molecule has 2 aromatic rings. The molecule has 1 amide bonds. The number of benzene rings is 2. The zero-order chi connectivity index (χ0) is 20.7. The van der Waals surface area contributed by atoms with Crippen LogP contribution < -0.4 is 0 Å². The molecular weight excluding hydrogens is 360 g/mol. The topological polar surface area (TPSA) is 92.9 Å². The third kappa shape index (κ3) is 6.06. The number of nitrogens with zero attached hydrogens (tertiary/aromatic N) is 2. The summed E-state index contributed by atoms with van der Waals surface area (Å²) in [5.41, 5.74) is 1.07. The van der Waals surface area contributed by atoms with Crippen LogP contribution in [0.3, 0.4) is 0 Å². The molecule has 7 nitrogen and oxygen atoms in total. The molecule has 1 unspecified atom stereocenters. The number of amides is 1. The van der Waals surface area contributed by atoms with Crippen molar-refractivity contribution >= 4 is 11.8 Å². The Morgan fingerprint density at radius 2 is 1.75 bits per heavy atom. The molecule has 1 atom stereocenters. The maximum atomic E-state index is 12.6. The first-order valence-electron chi connectivity index (χ1n) is 9.09. The lowest BCUT2D eigenvalue weighted by molar-refractivity contribution is -0.384. The van der Waals surface area contributed by atoms with E-state index < -0.39 is 22.7 Å². The summed E-state index contributed by atoms with van der Waals surface area (Å²) in [6.45, 7) is 5.89. The van der Waals surface area contributed by atoms with Crippen molar-refractivity contribution in [3.63, 3.8) is 0 Å². The normalized spacial score (nSPS) is 12.3. The van der Waals surface area contributed by atoms with Crippen LogP contribution in [0.15, 0.2) is 54.6 Å². The first kappa shape index (κ1) is 21.4. The minimum Gasteiger partial charge on any atom is -0.449 e. The summed E-state index contributed by atoms with van der Waals surface area (Å²) in [5, 5.41) is 21.2. The van der Waals surface area contributed by atoms with Crippen molar-refractivity contribution in [2.75, 3.05) is 13.2 Å². The second-order valence-corrected chi connectivity index (χ2v) is 7.50. The second kappa shape index (κ2) is 9.32. The number of aliphatic hydroxyl groups excluding tert-OH is 1. The van der Waals surface area contributed by atoms with E-state index in [0.29, 0.717) is 6.42 Å². The average molecular weight is 386 g/mol. The van der Waals surface area contributed by atoms with E-state index in [1.54, 1.807) is 12.1 Å². The highest BCUT2D eigenvalue weighted by Gasteiger charge is 2.30. The van der Waals surface area contributed by atoms with Gasteiger partial charge in [-0.1, -0.05) is 42.5 Å². The predicted molar refractivity (Wildman–Crippen MR) is 106 cm³/mol. The Kier molecular flexibility index (Phi) is 7.12. The van der Waals surface area contributed by atoms with Crippen LogP contribution in [0.25, 0.3) is 0 Å². The number of aliphatic hydroxyl groups is 1. The molecule has 7 heteroatoms. The fraction of sp³-hybridized carbons (Fsp3) is 0.381. The van der Waals surface area contributed by atoms with E-state index in [9.17, 15) is 20.0 Å². The second-order valence-electron chi connectivity index (χ2n) is 7.50. The molecule has 0 saturated carbocycles. The van der Waals surface area contributed by atoms with Crippen molar-refractivity contribution in [2.24, 2.45) is 0 Å². The number of carbonyl (C=O) groups excluding carboxylic acids is 1. The maximum Gasteiger partial charge on any atom is 0.410 e. The lowest BCUT2D eigenvalue weighted by atomic mass is 10.0. The summed E-state index contributed by atoms with van der Waals surface area (Å²) in [4.78, 5) is 24.3. The Labute approximate surface area is 164 Å². The quantitative estimate of drug-likeness (QED) is 0.571. The van der Waals surface area contributed by atoms with E-state index in [0.717, 1.165) is 11.1 Å². The van der Waals surface area contributed by atoms with Gasteiger partial charge >= 0.3 is 6.09 Å². The summed E-state index contributed by atoms with van der Waals surface area (Å²) in [6, 6.07) is 15.3. The molecule has 2 rings (SSSR count). The number of hydrogen-bond acceptors (Lipinski definition) is 5. The predicted octanol–water partition coefficient (Wildman–Crippen LogP) is 4.11. The number of non-ortho nitro benzene ring substituents is 1. The van der Waals surface area contributed by atoms with Gasteiger partial charge in [-0.2, -0.15) is 0 Å². The minimum atomic E-state index is -0.817. The first-order chi connectivity index (χ1) is 13.2. The molecule has 1 N–H and O–H groups in total. The van der Waals surface area contributed by atoms with E-state index >= 15 is 0 Å². The minimum absolute atomic E-state index is 0.0227. The van der Waals surface area contributed by atoms with E-state index in [2.05, 4.69) is 0 Å². The molecule has 0 aliphatic rings. The van der Waals surface area contributed by atoms with Crippen molar-refractivity contribution in [2.45, 2.75) is 38.8 Å². The standard InChI is InChI=1S/C21H26N2O5/c1-21(2,3)22(15-19(24)17-7-5-4-6-8-17)20(25)28-14-13-16-9-11-18(12-10-16)23(26)27/h4-12,19,24H,13-15H2,1-3H3. The monoisotopic (exact) mass is 386 g/mol. The fourth-order valence-electron chi connectivity index (χ4n) is 2.69. The third-order valence-electron chi connectivity index (χ3n) is 4.33. The van der Waals surface area contributed by atoms with Gasteiger partial charge in [-0.25, -0.2) is 4.79 Å². The summed E-state index contributed by atoms with van der Waals surface area (Å²) < 4.78 is 5.39. The summed E-state index contributed by atoms with van der Waals surface area (Å²) in [6.07, 6.45) is -0.879. The number of hydrogen-bond donors (Lipinski definition) is 1. The molecule has 28 heavy (non-hydrogen) atoms. The molecule has 0 fully saturated rings. The van der Waals surface area contributed by atoms with E-state index in [1.807, 2.05) is 51.1 Å². The van der Waals surface area contributed by atoms with Gasteiger partial charge < -0.3 is 14.7 Å². The van der Waals surface area contributed by atoms with E-state index in [4.69, 9.17) is 4.74 Å². The summed E-state index contributed by atoms with van der Waals surface area (Å²) >= 11 is 0. The molecule has 0 saturated heterocycles. The Morgan fingerprint density at radius 1 is 1.14 bits per heavy atom. The van der Waals surface area contributed by atoms with Crippen molar-refractivity contribution < 1.29 is 19.6 Å². The van der Waals surface area contributed by atoms with E-state index in [1.165, 1.54) is 17.0 Å². The maximum absolute atomic E-state index is 12.6. The van der Waals surface area contributed by atoms with Gasteiger partial charge in [-0.3, -0.25) is 10.1 Å². The molecule has 0 bridgehead atoms. The van der Waals surface area contributed by atoms with Crippen LogP contribution in [0.5, 0.6) is 0 Å². The first-order valence-corrected chi connectivity index (χ1v) is 9.09. The highest BCUT2D eigenvalue weighted by Crippen LogP contribution is 2.21. The van der Waals surface area contributed by atoms with Crippen LogP contribution in [0, 0.1) is 10.1 Å². The van der Waals surface area contributed by atoms with Crippen LogP contribution in [0.1, 0.15) is 38.0 Å². The molecule has 0 aliphatic carbocycles. The van der Waals surface area contributed by atoms with Crippen LogP contribution in [0.2, 0.25) is 0 Å². The van der Waals surface area contributed by atoms with Gasteiger partial charge in [0.15, 0.2) is 0 Å². The molecule has 0 radical (unpaired) electrons. The number of nitro benzene ring substituents is 1. The van der Waals surface area contributed by atoms with E-state index in [-0.39, 0.29) is 18.8 Å². The smallest absolute Gasteiger partial charge is 0.410 e. The Morgan fingerprint density at radius 3 is 2.29 bits per heavy atom. The molecular formula is C21H26N2O5. The van der Waals surface area contributed by atoms with Gasteiger partial charge in [0.05, 0.1) is 24.2 Å². The lowest BCUT2D eigenvalue weighted by Gasteiger charge is -2.36. The van der Waals surface area contributed by atoms with Crippen LogP contribution >= 0.6 is 0 Å². The van der Waals surface area contributed by atoms with Gasteiger partial charge in [-0.15, -0.1) is 0 Å². The number of nitro groups is 1. The van der Waals surface area contributed by atoms with Crippen molar-refractivity contribution in [1.29, 1.82) is 0 Å². The number of carbonyl (C=O) groups is 1. The highest BCUT2D eigenvalue weighted by atomic mass is 16.6. The van der Waals surface area contributed by atoms with Gasteiger partial charge in [0.25, 0.3) is 5.69 Å². The molecule has 2 aromatic carbocycles. The highest BCUT2D eigenvalue weighted by molar-refractivity contribution is 5.68. The number of ether oxygens (including phenoxy) is 1. The van der Waals surface area contributed by atoms with Crippen LogP contribution in [0.4, 0.5) is 10.5 Å². The van der Waals surface area contributed by atoms with Gasteiger partial charge in [0, 0.05) is 24.1 Å². The largest absolute Gasteiger partial charge is 0.449 e. The summed E-state index contributed by atoms with van der Waals surface area (Å²) in [7, 11) is 0. The summed E-state index contributed by atoms with van der Waals surface area (Å²) in [5.74, 6) is 0. The Bertz CT molecular complexity index is 785. The van der Waals surface area contributed by atoms with Gasteiger partial charge in [0.2, 0.25) is 0 Å². The van der Waals surface area contributed by atoms with Gasteiger partial charge in [-0.05, 0) is 31.9 Å². The van der Waals surface area contributed by atoms with Crippen molar-refractivity contribution in [3.8, 4) is 0 Å². The zero-order valence-corrected chi connectivity index (χ0v) is 16.4. The molecule has 0 aliphatic heterocycles. The SMILES string of the molecule is CC(C)(C)N(CC(O)c1ccccc1)C(=O)OCCc1ccc([N+](=O)[O-])cc1. The number of β-amino-alcohol motifs (C(OH)–C–C–N with tert-alkyl or cyclic N) is 1. The third-order valence-corrected chi connectivity index (χ3v) is 4.33. The zero-order valence-electron chi connectivity index (χ0n) is 16.4. The Balaban J connectivity index is 1.94. The van der Waals surface area contributed by atoms with Crippen molar-refractivity contribution in [3.05, 3.63) is 75.8 Å². The molecule has 0 spiro atoms. The van der Waals surface area contributed by atoms with Crippen molar-refractivity contribution in [1.82, 2.24) is 4.90 Å². The lowest BCUT2D eigenvalue weighted by Crippen LogP contribution is -2.48. The van der Waals surface area contributed by atoms with Gasteiger partial charge in [0.1, 0.15) is 0 Å².